The van der Waals surface area contributed by atoms with Crippen molar-refractivity contribution in [2.45, 2.75) is 19.3 Å². The summed E-state index contributed by atoms with van der Waals surface area (Å²) in [4.78, 5) is 6.84. The standard InChI is InChI=1S/C16H18N2/c1-3-7-14(8-4-1)15-11-16(13-17-12-15)18-9-5-2-6-10-18/h1,3-4,7-8,11-13H,2,5-6,9-10H2. The second-order valence-electron chi connectivity index (χ2n) is 4.85. The first kappa shape index (κ1) is 11.3. The summed E-state index contributed by atoms with van der Waals surface area (Å²) in [5.74, 6) is 0. The summed E-state index contributed by atoms with van der Waals surface area (Å²) in [6.45, 7) is 2.33. The zero-order valence-corrected chi connectivity index (χ0v) is 10.5. The van der Waals surface area contributed by atoms with Crippen LogP contribution in [0.15, 0.2) is 48.8 Å². The van der Waals surface area contributed by atoms with Crippen molar-refractivity contribution in [3.8, 4) is 11.1 Å². The predicted octanol–water partition coefficient (Wildman–Crippen LogP) is 3.74. The van der Waals surface area contributed by atoms with Gasteiger partial charge in [-0.2, -0.15) is 0 Å². The third kappa shape index (κ3) is 2.37. The van der Waals surface area contributed by atoms with E-state index in [0.29, 0.717) is 0 Å². The molecule has 1 aliphatic rings. The Morgan fingerprint density at radius 2 is 1.61 bits per heavy atom. The van der Waals surface area contributed by atoms with E-state index >= 15 is 0 Å². The van der Waals surface area contributed by atoms with Crippen LogP contribution in [0.3, 0.4) is 0 Å². The number of nitrogens with zero attached hydrogens (tertiary/aromatic N) is 2. The fourth-order valence-electron chi connectivity index (χ4n) is 2.54. The molecule has 18 heavy (non-hydrogen) atoms. The topological polar surface area (TPSA) is 16.1 Å². The summed E-state index contributed by atoms with van der Waals surface area (Å²) < 4.78 is 0. The lowest BCUT2D eigenvalue weighted by Gasteiger charge is -2.28. The number of benzene rings is 1. The molecule has 1 fully saturated rings. The van der Waals surface area contributed by atoms with Gasteiger partial charge in [-0.05, 0) is 30.9 Å². The molecule has 1 saturated heterocycles. The number of pyridine rings is 1. The van der Waals surface area contributed by atoms with E-state index in [1.165, 1.54) is 49.2 Å². The second kappa shape index (κ2) is 5.21. The second-order valence-corrected chi connectivity index (χ2v) is 4.85. The maximum Gasteiger partial charge on any atom is 0.0558 e. The molecular weight excluding hydrogens is 220 g/mol. The smallest absolute Gasteiger partial charge is 0.0558 e. The molecule has 0 unspecified atom stereocenters. The van der Waals surface area contributed by atoms with Gasteiger partial charge >= 0.3 is 0 Å². The number of aromatic nitrogens is 1. The molecule has 0 N–H and O–H groups in total. The van der Waals surface area contributed by atoms with Gasteiger partial charge < -0.3 is 4.90 Å². The minimum atomic E-state index is 1.17. The molecule has 1 aromatic heterocycles. The van der Waals surface area contributed by atoms with Gasteiger partial charge in [0, 0.05) is 24.8 Å². The SMILES string of the molecule is c1ccc(-c2cncc(N3CCCCC3)c2)cc1. The van der Waals surface area contributed by atoms with Crippen LogP contribution in [0.25, 0.3) is 11.1 Å². The quantitative estimate of drug-likeness (QED) is 0.792. The van der Waals surface area contributed by atoms with E-state index in [9.17, 15) is 0 Å². The first-order valence-corrected chi connectivity index (χ1v) is 6.69. The average Bonchev–Trinajstić information content (AvgIpc) is 2.49. The fourth-order valence-corrected chi connectivity index (χ4v) is 2.54. The van der Waals surface area contributed by atoms with Crippen LogP contribution in [0.1, 0.15) is 19.3 Å². The Balaban J connectivity index is 1.89. The molecule has 92 valence electrons. The van der Waals surface area contributed by atoms with Crippen molar-refractivity contribution in [3.05, 3.63) is 48.8 Å². The van der Waals surface area contributed by atoms with Gasteiger partial charge in [-0.15, -0.1) is 0 Å². The number of hydrogen-bond donors (Lipinski definition) is 0. The fraction of sp³-hybridized carbons (Fsp3) is 0.312. The zero-order chi connectivity index (χ0) is 12.2. The van der Waals surface area contributed by atoms with Crippen LogP contribution in [0.2, 0.25) is 0 Å². The lowest BCUT2D eigenvalue weighted by atomic mass is 10.1. The number of hydrogen-bond acceptors (Lipinski definition) is 2. The molecule has 0 aliphatic carbocycles. The summed E-state index contributed by atoms with van der Waals surface area (Å²) in [6.07, 6.45) is 7.90. The van der Waals surface area contributed by atoms with E-state index in [1.807, 2.05) is 18.5 Å². The highest BCUT2D eigenvalue weighted by atomic mass is 15.1. The summed E-state index contributed by atoms with van der Waals surface area (Å²) in [5.41, 5.74) is 3.71. The Hall–Kier alpha value is -1.83. The number of anilines is 1. The normalized spacial score (nSPS) is 15.7. The summed E-state index contributed by atoms with van der Waals surface area (Å²) in [5, 5.41) is 0. The average molecular weight is 238 g/mol. The Kier molecular flexibility index (Phi) is 3.26. The molecule has 2 heterocycles. The molecule has 0 atom stereocenters. The van der Waals surface area contributed by atoms with Crippen molar-refractivity contribution in [1.82, 2.24) is 4.98 Å². The van der Waals surface area contributed by atoms with Gasteiger partial charge in [-0.1, -0.05) is 30.3 Å². The molecule has 1 aliphatic heterocycles. The summed E-state index contributed by atoms with van der Waals surface area (Å²) in [6, 6.07) is 12.7. The summed E-state index contributed by atoms with van der Waals surface area (Å²) in [7, 11) is 0. The van der Waals surface area contributed by atoms with Gasteiger partial charge in [-0.25, -0.2) is 0 Å². The first-order valence-electron chi connectivity index (χ1n) is 6.69. The van der Waals surface area contributed by atoms with E-state index in [-0.39, 0.29) is 0 Å². The van der Waals surface area contributed by atoms with Crippen molar-refractivity contribution in [1.29, 1.82) is 0 Å². The van der Waals surface area contributed by atoms with Crippen LogP contribution < -0.4 is 4.90 Å². The van der Waals surface area contributed by atoms with Crippen molar-refractivity contribution in [2.75, 3.05) is 18.0 Å². The minimum Gasteiger partial charge on any atom is -0.370 e. The molecule has 0 amide bonds. The highest BCUT2D eigenvalue weighted by Crippen LogP contribution is 2.25. The highest BCUT2D eigenvalue weighted by molar-refractivity contribution is 5.67. The van der Waals surface area contributed by atoms with Crippen molar-refractivity contribution >= 4 is 5.69 Å². The maximum atomic E-state index is 4.39. The molecule has 0 radical (unpaired) electrons. The summed E-state index contributed by atoms with van der Waals surface area (Å²) >= 11 is 0. The molecule has 3 rings (SSSR count). The zero-order valence-electron chi connectivity index (χ0n) is 10.5. The third-order valence-corrected chi connectivity index (χ3v) is 3.55. The van der Waals surface area contributed by atoms with Gasteiger partial charge in [-0.3, -0.25) is 4.98 Å². The van der Waals surface area contributed by atoms with Crippen LogP contribution in [0.4, 0.5) is 5.69 Å². The Morgan fingerprint density at radius 3 is 2.39 bits per heavy atom. The van der Waals surface area contributed by atoms with E-state index in [4.69, 9.17) is 0 Å². The minimum absolute atomic E-state index is 1.17. The van der Waals surface area contributed by atoms with Gasteiger partial charge in [0.15, 0.2) is 0 Å². The molecule has 2 heteroatoms. The Labute approximate surface area is 108 Å². The number of piperidine rings is 1. The maximum absolute atomic E-state index is 4.39. The van der Waals surface area contributed by atoms with Crippen molar-refractivity contribution < 1.29 is 0 Å². The largest absolute Gasteiger partial charge is 0.370 e. The van der Waals surface area contributed by atoms with Gasteiger partial charge in [0.2, 0.25) is 0 Å². The molecule has 2 nitrogen and oxygen atoms in total. The Morgan fingerprint density at radius 1 is 0.833 bits per heavy atom. The van der Waals surface area contributed by atoms with Crippen molar-refractivity contribution in [3.63, 3.8) is 0 Å². The van der Waals surface area contributed by atoms with Crippen LogP contribution in [0, 0.1) is 0 Å². The third-order valence-electron chi connectivity index (χ3n) is 3.55. The van der Waals surface area contributed by atoms with Gasteiger partial charge in [0.05, 0.1) is 11.9 Å². The van der Waals surface area contributed by atoms with Crippen LogP contribution >= 0.6 is 0 Å². The molecular formula is C16H18N2. The Bertz CT molecular complexity index is 502. The van der Waals surface area contributed by atoms with Crippen LogP contribution in [-0.2, 0) is 0 Å². The monoisotopic (exact) mass is 238 g/mol. The van der Waals surface area contributed by atoms with Crippen molar-refractivity contribution in [2.24, 2.45) is 0 Å². The molecule has 0 bridgehead atoms. The molecule has 1 aromatic carbocycles. The number of rotatable bonds is 2. The predicted molar refractivity (Wildman–Crippen MR) is 75.7 cm³/mol. The van der Waals surface area contributed by atoms with Crippen LogP contribution in [0.5, 0.6) is 0 Å². The molecule has 0 saturated carbocycles. The first-order chi connectivity index (χ1) is 8.93. The lowest BCUT2D eigenvalue weighted by Crippen LogP contribution is -2.29. The lowest BCUT2D eigenvalue weighted by molar-refractivity contribution is 0.577. The highest BCUT2D eigenvalue weighted by Gasteiger charge is 2.11. The van der Waals surface area contributed by atoms with Gasteiger partial charge in [0.1, 0.15) is 0 Å². The van der Waals surface area contributed by atoms with Crippen LogP contribution in [-0.4, -0.2) is 18.1 Å². The van der Waals surface area contributed by atoms with Gasteiger partial charge in [0.25, 0.3) is 0 Å². The van der Waals surface area contributed by atoms with E-state index in [2.05, 4.69) is 40.2 Å². The van der Waals surface area contributed by atoms with E-state index in [0.717, 1.165) is 0 Å². The van der Waals surface area contributed by atoms with E-state index < -0.39 is 0 Å². The van der Waals surface area contributed by atoms with E-state index in [1.54, 1.807) is 0 Å². The molecule has 2 aromatic rings. The molecule has 0 spiro atoms.